The number of fused-ring (bicyclic) bond motifs is 1. The molecule has 0 aliphatic carbocycles. The van der Waals surface area contributed by atoms with Crippen molar-refractivity contribution in [1.82, 2.24) is 0 Å². The van der Waals surface area contributed by atoms with Gasteiger partial charge in [-0.15, -0.1) is 11.3 Å². The van der Waals surface area contributed by atoms with Gasteiger partial charge in [-0.3, -0.25) is 0 Å². The second-order valence-corrected chi connectivity index (χ2v) is 6.91. The topological polar surface area (TPSA) is 26.3 Å². The predicted molar refractivity (Wildman–Crippen MR) is 92.4 cm³/mol. The van der Waals surface area contributed by atoms with Gasteiger partial charge >= 0.3 is 5.97 Å². The molecule has 0 amide bonds. The van der Waals surface area contributed by atoms with E-state index in [-0.39, 0.29) is 16.5 Å². The molecule has 118 valence electrons. The van der Waals surface area contributed by atoms with E-state index in [9.17, 15) is 9.18 Å². The fourth-order valence-corrected chi connectivity index (χ4v) is 3.98. The highest BCUT2D eigenvalue weighted by Crippen LogP contribution is 2.36. The van der Waals surface area contributed by atoms with E-state index < -0.39 is 11.8 Å². The van der Waals surface area contributed by atoms with Crippen LogP contribution in [0, 0.1) is 5.82 Å². The molecule has 3 rings (SSSR count). The smallest absolute Gasteiger partial charge is 0.350 e. The van der Waals surface area contributed by atoms with Crippen molar-refractivity contribution in [2.24, 2.45) is 0 Å². The van der Waals surface area contributed by atoms with E-state index in [0.717, 1.165) is 11.3 Å². The molecule has 0 aliphatic heterocycles. The van der Waals surface area contributed by atoms with Crippen molar-refractivity contribution in [3.8, 4) is 0 Å². The Balaban J connectivity index is 1.85. The maximum atomic E-state index is 13.3. The molecule has 0 radical (unpaired) electrons. The standard InChI is InChI=1S/C16H8Cl3FO2S/c17-11-2-1-3-12(18)10(11)7-22-16(21)15-14(19)9-5-4-8(20)6-13(9)23-15/h1-6H,7H2. The Morgan fingerprint density at radius 3 is 2.52 bits per heavy atom. The summed E-state index contributed by atoms with van der Waals surface area (Å²) in [6.45, 7) is -0.0731. The highest BCUT2D eigenvalue weighted by molar-refractivity contribution is 7.21. The third-order valence-electron chi connectivity index (χ3n) is 3.19. The lowest BCUT2D eigenvalue weighted by Gasteiger charge is -2.07. The molecule has 2 aromatic carbocycles. The lowest BCUT2D eigenvalue weighted by molar-refractivity contribution is 0.0479. The first-order valence-corrected chi connectivity index (χ1v) is 8.40. The summed E-state index contributed by atoms with van der Waals surface area (Å²) < 4.78 is 19.1. The average molecular weight is 390 g/mol. The molecule has 1 heterocycles. The molecule has 7 heteroatoms. The molecule has 0 unspecified atom stereocenters. The number of hydrogen-bond donors (Lipinski definition) is 0. The van der Waals surface area contributed by atoms with E-state index in [0.29, 0.717) is 25.7 Å². The predicted octanol–water partition coefficient (Wildman–Crippen LogP) is 6.36. The minimum atomic E-state index is -0.604. The van der Waals surface area contributed by atoms with Crippen LogP contribution in [0.3, 0.4) is 0 Å². The van der Waals surface area contributed by atoms with Crippen LogP contribution >= 0.6 is 46.1 Å². The van der Waals surface area contributed by atoms with Crippen LogP contribution in [0.25, 0.3) is 10.1 Å². The number of benzene rings is 2. The summed E-state index contributed by atoms with van der Waals surface area (Å²) in [5.41, 5.74) is 0.521. The minimum absolute atomic E-state index is 0.0731. The van der Waals surface area contributed by atoms with Crippen LogP contribution in [0.5, 0.6) is 0 Å². The zero-order valence-corrected chi connectivity index (χ0v) is 14.5. The number of halogens is 4. The van der Waals surface area contributed by atoms with Crippen LogP contribution in [-0.2, 0) is 11.3 Å². The summed E-state index contributed by atoms with van der Waals surface area (Å²) in [6.07, 6.45) is 0. The van der Waals surface area contributed by atoms with Gasteiger partial charge in [0.25, 0.3) is 0 Å². The van der Waals surface area contributed by atoms with Crippen molar-refractivity contribution in [3.63, 3.8) is 0 Å². The van der Waals surface area contributed by atoms with Crippen molar-refractivity contribution in [1.29, 1.82) is 0 Å². The molecule has 0 saturated heterocycles. The summed E-state index contributed by atoms with van der Waals surface area (Å²) in [7, 11) is 0. The number of thiophene rings is 1. The SMILES string of the molecule is O=C(OCc1c(Cl)cccc1Cl)c1sc2cc(F)ccc2c1Cl. The molecule has 0 fully saturated rings. The zero-order valence-electron chi connectivity index (χ0n) is 11.4. The summed E-state index contributed by atoms with van der Waals surface area (Å²) >= 11 is 19.3. The van der Waals surface area contributed by atoms with Crippen molar-refractivity contribution in [2.45, 2.75) is 6.61 Å². The van der Waals surface area contributed by atoms with E-state index in [1.165, 1.54) is 18.2 Å². The molecular weight excluding hydrogens is 382 g/mol. The Labute approximate surface area is 150 Å². The van der Waals surface area contributed by atoms with Gasteiger partial charge in [0.15, 0.2) is 0 Å². The molecule has 0 saturated carbocycles. The second kappa shape index (κ2) is 6.65. The Morgan fingerprint density at radius 1 is 1.13 bits per heavy atom. The van der Waals surface area contributed by atoms with Gasteiger partial charge in [0.1, 0.15) is 17.3 Å². The van der Waals surface area contributed by atoms with E-state index >= 15 is 0 Å². The number of ether oxygens (including phenoxy) is 1. The largest absolute Gasteiger partial charge is 0.456 e. The molecule has 23 heavy (non-hydrogen) atoms. The van der Waals surface area contributed by atoms with Gasteiger partial charge in [0, 0.05) is 25.7 Å². The van der Waals surface area contributed by atoms with E-state index in [1.807, 2.05) is 0 Å². The second-order valence-electron chi connectivity index (χ2n) is 4.66. The van der Waals surface area contributed by atoms with Crippen LogP contribution in [0.4, 0.5) is 4.39 Å². The summed E-state index contributed by atoms with van der Waals surface area (Å²) in [5, 5.41) is 1.69. The van der Waals surface area contributed by atoms with Crippen LogP contribution in [-0.4, -0.2) is 5.97 Å². The summed E-state index contributed by atoms with van der Waals surface area (Å²) in [4.78, 5) is 12.5. The maximum Gasteiger partial charge on any atom is 0.350 e. The third kappa shape index (κ3) is 3.31. The molecule has 3 aromatic rings. The Kier molecular flexibility index (Phi) is 4.78. The normalized spacial score (nSPS) is 11.0. The number of hydrogen-bond acceptors (Lipinski definition) is 3. The third-order valence-corrected chi connectivity index (χ3v) is 5.53. The fourth-order valence-electron chi connectivity index (χ4n) is 2.04. The van der Waals surface area contributed by atoms with Crippen molar-refractivity contribution in [3.05, 3.63) is 67.7 Å². The fraction of sp³-hybridized carbons (Fsp3) is 0.0625. The average Bonchev–Trinajstić information content (AvgIpc) is 2.83. The zero-order chi connectivity index (χ0) is 16.6. The molecule has 0 bridgehead atoms. The Bertz CT molecular complexity index is 887. The molecular formula is C16H8Cl3FO2S. The van der Waals surface area contributed by atoms with Crippen LogP contribution in [0.15, 0.2) is 36.4 Å². The number of rotatable bonds is 3. The van der Waals surface area contributed by atoms with Gasteiger partial charge in [0.05, 0.1) is 5.02 Å². The van der Waals surface area contributed by atoms with Gasteiger partial charge in [-0.2, -0.15) is 0 Å². The molecule has 0 atom stereocenters. The van der Waals surface area contributed by atoms with Crippen molar-refractivity contribution >= 4 is 62.2 Å². The lowest BCUT2D eigenvalue weighted by Crippen LogP contribution is -2.04. The lowest BCUT2D eigenvalue weighted by atomic mass is 10.2. The van der Waals surface area contributed by atoms with E-state index in [2.05, 4.69) is 0 Å². The highest BCUT2D eigenvalue weighted by atomic mass is 35.5. The number of carbonyl (C=O) groups is 1. The van der Waals surface area contributed by atoms with Gasteiger partial charge in [-0.05, 0) is 30.3 Å². The van der Waals surface area contributed by atoms with Gasteiger partial charge in [-0.1, -0.05) is 40.9 Å². The first-order chi connectivity index (χ1) is 11.0. The first kappa shape index (κ1) is 16.5. The molecule has 0 spiro atoms. The van der Waals surface area contributed by atoms with Gasteiger partial charge in [0.2, 0.25) is 0 Å². The molecule has 0 aliphatic rings. The molecule has 2 nitrogen and oxygen atoms in total. The molecule has 1 aromatic heterocycles. The summed E-state index contributed by atoms with van der Waals surface area (Å²) in [6, 6.07) is 9.17. The Morgan fingerprint density at radius 2 is 1.83 bits per heavy atom. The number of esters is 1. The minimum Gasteiger partial charge on any atom is -0.456 e. The van der Waals surface area contributed by atoms with Gasteiger partial charge in [-0.25, -0.2) is 9.18 Å². The van der Waals surface area contributed by atoms with Gasteiger partial charge < -0.3 is 4.74 Å². The highest BCUT2D eigenvalue weighted by Gasteiger charge is 2.19. The quantitative estimate of drug-likeness (QED) is 0.487. The van der Waals surface area contributed by atoms with E-state index in [4.69, 9.17) is 39.5 Å². The maximum absolute atomic E-state index is 13.3. The summed E-state index contributed by atoms with van der Waals surface area (Å²) in [5.74, 6) is -0.995. The van der Waals surface area contributed by atoms with E-state index in [1.54, 1.807) is 18.2 Å². The van der Waals surface area contributed by atoms with Crippen LogP contribution in [0.2, 0.25) is 15.1 Å². The van der Waals surface area contributed by atoms with Crippen molar-refractivity contribution in [2.75, 3.05) is 0 Å². The van der Waals surface area contributed by atoms with Crippen LogP contribution in [0.1, 0.15) is 15.2 Å². The van der Waals surface area contributed by atoms with Crippen LogP contribution < -0.4 is 0 Å². The Hall–Kier alpha value is -1.33. The monoisotopic (exact) mass is 388 g/mol. The van der Waals surface area contributed by atoms with Crippen molar-refractivity contribution < 1.29 is 13.9 Å². The number of carbonyl (C=O) groups excluding carboxylic acids is 1. The first-order valence-electron chi connectivity index (χ1n) is 6.45. The molecule has 0 N–H and O–H groups in total.